The van der Waals surface area contributed by atoms with Crippen molar-refractivity contribution in [2.24, 2.45) is 5.41 Å². The van der Waals surface area contributed by atoms with Crippen LogP contribution in [0.5, 0.6) is 5.75 Å². The Morgan fingerprint density at radius 1 is 1.00 bits per heavy atom. The number of piperidine rings is 2. The lowest BCUT2D eigenvalue weighted by atomic mass is 9.69. The van der Waals surface area contributed by atoms with Crippen molar-refractivity contribution < 1.29 is 32.2 Å². The van der Waals surface area contributed by atoms with Crippen LogP contribution in [0.2, 0.25) is 0 Å². The molecule has 0 aliphatic carbocycles. The number of aryl methyl sites for hydroxylation is 1. The molecule has 2 heterocycles. The standard InChI is InChI=1S/C29H35F3N2O4/c1-4-37-24-11-6-5-9-22(24)18-33-15-12-28(13-16-33)14-17-34(19-25(28)38-27(36)29(30,31)32)26(35)23-10-7-8-20(2)21(23)3/h5-11,25H,4,12-19H2,1-3H3. The number of para-hydroxylation sites is 1. The van der Waals surface area contributed by atoms with E-state index >= 15 is 0 Å². The van der Waals surface area contributed by atoms with Crippen LogP contribution >= 0.6 is 0 Å². The van der Waals surface area contributed by atoms with Gasteiger partial charge in [0.2, 0.25) is 0 Å². The zero-order valence-electron chi connectivity index (χ0n) is 22.1. The summed E-state index contributed by atoms with van der Waals surface area (Å²) in [6.07, 6.45) is -4.50. The minimum Gasteiger partial charge on any atom is -0.494 e. The fourth-order valence-corrected chi connectivity index (χ4v) is 5.60. The van der Waals surface area contributed by atoms with Gasteiger partial charge in [-0.15, -0.1) is 0 Å². The van der Waals surface area contributed by atoms with Gasteiger partial charge in [-0.2, -0.15) is 13.2 Å². The van der Waals surface area contributed by atoms with Crippen LogP contribution < -0.4 is 4.74 Å². The van der Waals surface area contributed by atoms with E-state index in [9.17, 15) is 22.8 Å². The van der Waals surface area contributed by atoms with Crippen LogP contribution in [0.4, 0.5) is 13.2 Å². The van der Waals surface area contributed by atoms with Crippen molar-refractivity contribution >= 4 is 11.9 Å². The molecule has 0 radical (unpaired) electrons. The maximum Gasteiger partial charge on any atom is 0.490 e. The first-order valence-corrected chi connectivity index (χ1v) is 13.1. The molecule has 2 aromatic rings. The molecule has 2 aliphatic heterocycles. The monoisotopic (exact) mass is 532 g/mol. The molecule has 0 N–H and O–H groups in total. The lowest BCUT2D eigenvalue weighted by molar-refractivity contribution is -0.216. The second kappa shape index (κ2) is 11.4. The molecule has 38 heavy (non-hydrogen) atoms. The predicted octanol–water partition coefficient (Wildman–Crippen LogP) is 5.30. The van der Waals surface area contributed by atoms with E-state index in [-0.39, 0.29) is 12.5 Å². The highest BCUT2D eigenvalue weighted by Crippen LogP contribution is 2.44. The third-order valence-corrected chi connectivity index (χ3v) is 8.07. The molecule has 6 nitrogen and oxygen atoms in total. The van der Waals surface area contributed by atoms with Gasteiger partial charge in [0.15, 0.2) is 0 Å². The Morgan fingerprint density at radius 2 is 1.68 bits per heavy atom. The minimum absolute atomic E-state index is 0.0544. The average Bonchev–Trinajstić information content (AvgIpc) is 2.88. The van der Waals surface area contributed by atoms with Gasteiger partial charge < -0.3 is 14.4 Å². The number of ether oxygens (including phenoxy) is 2. The molecule has 0 aromatic heterocycles. The largest absolute Gasteiger partial charge is 0.494 e. The molecule has 0 saturated carbocycles. The molecular weight excluding hydrogens is 497 g/mol. The Hall–Kier alpha value is -3.07. The van der Waals surface area contributed by atoms with Gasteiger partial charge in [0.1, 0.15) is 11.9 Å². The zero-order chi connectivity index (χ0) is 27.5. The van der Waals surface area contributed by atoms with E-state index in [4.69, 9.17) is 9.47 Å². The maximum atomic E-state index is 13.4. The van der Waals surface area contributed by atoms with Gasteiger partial charge in [0.05, 0.1) is 13.2 Å². The summed E-state index contributed by atoms with van der Waals surface area (Å²) >= 11 is 0. The van der Waals surface area contributed by atoms with Gasteiger partial charge in [-0.05, 0) is 76.4 Å². The summed E-state index contributed by atoms with van der Waals surface area (Å²) in [5, 5.41) is 0. The minimum atomic E-state index is -5.09. The van der Waals surface area contributed by atoms with Crippen molar-refractivity contribution in [1.29, 1.82) is 0 Å². The van der Waals surface area contributed by atoms with E-state index in [0.29, 0.717) is 57.6 Å². The number of alkyl halides is 3. The average molecular weight is 533 g/mol. The third-order valence-electron chi connectivity index (χ3n) is 8.07. The van der Waals surface area contributed by atoms with Gasteiger partial charge >= 0.3 is 12.1 Å². The summed E-state index contributed by atoms with van der Waals surface area (Å²) in [6.45, 7) is 8.55. The molecule has 1 amide bonds. The van der Waals surface area contributed by atoms with E-state index in [1.165, 1.54) is 4.90 Å². The molecule has 4 rings (SSSR count). The smallest absolute Gasteiger partial charge is 0.490 e. The van der Waals surface area contributed by atoms with Gasteiger partial charge in [-0.3, -0.25) is 9.69 Å². The van der Waals surface area contributed by atoms with Crippen molar-refractivity contribution in [3.63, 3.8) is 0 Å². The van der Waals surface area contributed by atoms with Crippen LogP contribution in [0.15, 0.2) is 42.5 Å². The highest BCUT2D eigenvalue weighted by Gasteiger charge is 2.51. The Morgan fingerprint density at radius 3 is 2.37 bits per heavy atom. The van der Waals surface area contributed by atoms with Crippen molar-refractivity contribution in [3.05, 3.63) is 64.7 Å². The number of carbonyl (C=O) groups excluding carboxylic acids is 2. The van der Waals surface area contributed by atoms with Crippen molar-refractivity contribution in [1.82, 2.24) is 9.80 Å². The molecule has 1 unspecified atom stereocenters. The van der Waals surface area contributed by atoms with Crippen LogP contribution in [0.25, 0.3) is 0 Å². The molecule has 206 valence electrons. The lowest BCUT2D eigenvalue weighted by Gasteiger charge is -2.51. The summed E-state index contributed by atoms with van der Waals surface area (Å²) in [5.41, 5.74) is 2.75. The topological polar surface area (TPSA) is 59.1 Å². The molecule has 1 spiro atoms. The number of hydrogen-bond donors (Lipinski definition) is 0. The number of benzene rings is 2. The van der Waals surface area contributed by atoms with Gasteiger partial charge in [-0.1, -0.05) is 30.3 Å². The van der Waals surface area contributed by atoms with Crippen LogP contribution in [-0.4, -0.2) is 66.7 Å². The second-order valence-electron chi connectivity index (χ2n) is 10.3. The SMILES string of the molecule is CCOc1ccccc1CN1CCC2(CC1)CCN(C(=O)c1cccc(C)c1C)CC2OC(=O)C(F)(F)F. The number of halogens is 3. The van der Waals surface area contributed by atoms with Gasteiger partial charge in [0.25, 0.3) is 5.91 Å². The summed E-state index contributed by atoms with van der Waals surface area (Å²) in [6, 6.07) is 13.3. The van der Waals surface area contributed by atoms with Crippen molar-refractivity contribution in [3.8, 4) is 5.75 Å². The molecule has 2 saturated heterocycles. The van der Waals surface area contributed by atoms with E-state index in [1.54, 1.807) is 12.1 Å². The Balaban J connectivity index is 1.50. The van der Waals surface area contributed by atoms with E-state index in [1.807, 2.05) is 51.1 Å². The first-order valence-electron chi connectivity index (χ1n) is 13.1. The van der Waals surface area contributed by atoms with E-state index < -0.39 is 23.7 Å². The predicted molar refractivity (Wildman–Crippen MR) is 137 cm³/mol. The Kier molecular flexibility index (Phi) is 8.35. The highest BCUT2D eigenvalue weighted by atomic mass is 19.4. The second-order valence-corrected chi connectivity index (χ2v) is 10.3. The molecule has 0 bridgehead atoms. The normalized spacial score (nSPS) is 19.8. The van der Waals surface area contributed by atoms with Crippen LogP contribution in [-0.2, 0) is 16.1 Å². The van der Waals surface area contributed by atoms with Crippen molar-refractivity contribution in [2.45, 2.75) is 58.9 Å². The van der Waals surface area contributed by atoms with Crippen LogP contribution in [0.1, 0.15) is 53.2 Å². The highest BCUT2D eigenvalue weighted by molar-refractivity contribution is 5.96. The van der Waals surface area contributed by atoms with Crippen LogP contribution in [0, 0.1) is 19.3 Å². The summed E-state index contributed by atoms with van der Waals surface area (Å²) < 4.78 is 50.5. The fraction of sp³-hybridized carbons (Fsp3) is 0.517. The first kappa shape index (κ1) is 28.0. The number of rotatable bonds is 6. The third kappa shape index (κ3) is 5.98. The maximum absolute atomic E-state index is 13.4. The zero-order valence-corrected chi connectivity index (χ0v) is 22.1. The number of carbonyl (C=O) groups is 2. The number of hydrogen-bond acceptors (Lipinski definition) is 5. The lowest BCUT2D eigenvalue weighted by Crippen LogP contribution is -2.58. The molecule has 2 fully saturated rings. The number of likely N-dealkylation sites (tertiary alicyclic amines) is 2. The first-order chi connectivity index (χ1) is 18.0. The van der Waals surface area contributed by atoms with Gasteiger partial charge in [-0.25, -0.2) is 4.79 Å². The molecule has 2 aromatic carbocycles. The van der Waals surface area contributed by atoms with Crippen LogP contribution in [0.3, 0.4) is 0 Å². The summed E-state index contributed by atoms with van der Waals surface area (Å²) in [7, 11) is 0. The van der Waals surface area contributed by atoms with Crippen molar-refractivity contribution in [2.75, 3.05) is 32.8 Å². The molecule has 2 aliphatic rings. The molecule has 1 atom stereocenters. The Labute approximate surface area is 221 Å². The fourth-order valence-electron chi connectivity index (χ4n) is 5.60. The van der Waals surface area contributed by atoms with Gasteiger partial charge in [0, 0.05) is 29.6 Å². The summed E-state index contributed by atoms with van der Waals surface area (Å²) in [4.78, 5) is 29.1. The Bertz CT molecular complexity index is 1160. The van der Waals surface area contributed by atoms with E-state index in [2.05, 4.69) is 4.90 Å². The molecule has 9 heteroatoms. The number of amides is 1. The quantitative estimate of drug-likeness (QED) is 0.473. The van der Waals surface area contributed by atoms with E-state index in [0.717, 1.165) is 22.4 Å². The molecular formula is C29H35F3N2O4. The number of esters is 1. The number of nitrogens with zero attached hydrogens (tertiary/aromatic N) is 2. The summed E-state index contributed by atoms with van der Waals surface area (Å²) in [5.74, 6) is -1.62.